The van der Waals surface area contributed by atoms with E-state index in [2.05, 4.69) is 35.6 Å². The largest absolute Gasteiger partial charge is 0.334 e. The first-order chi connectivity index (χ1) is 7.99. The van der Waals surface area contributed by atoms with Gasteiger partial charge >= 0.3 is 0 Å². The first-order valence-corrected chi connectivity index (χ1v) is 6.90. The second kappa shape index (κ2) is 4.46. The van der Waals surface area contributed by atoms with Crippen LogP contribution in [-0.4, -0.2) is 23.4 Å². The smallest absolute Gasteiger partial charge is 0.279 e. The molecule has 90 valence electrons. The van der Waals surface area contributed by atoms with Crippen molar-refractivity contribution in [2.45, 2.75) is 11.9 Å². The topological polar surface area (TPSA) is 87.7 Å². The molecule has 2 aromatic heterocycles. The van der Waals surface area contributed by atoms with Gasteiger partial charge in [-0.05, 0) is 34.5 Å². The Morgan fingerprint density at radius 1 is 1.41 bits per heavy atom. The van der Waals surface area contributed by atoms with E-state index in [-0.39, 0.29) is 5.03 Å². The number of anilines is 1. The molecule has 0 fully saturated rings. The third kappa shape index (κ3) is 2.64. The van der Waals surface area contributed by atoms with Crippen LogP contribution in [0.3, 0.4) is 0 Å². The van der Waals surface area contributed by atoms with Gasteiger partial charge in [-0.1, -0.05) is 0 Å². The Morgan fingerprint density at radius 3 is 2.76 bits per heavy atom. The fourth-order valence-electron chi connectivity index (χ4n) is 1.21. The number of nitrogens with zero attached hydrogens (tertiary/aromatic N) is 2. The summed E-state index contributed by atoms with van der Waals surface area (Å²) >= 11 is 3.24. The fourth-order valence-corrected chi connectivity index (χ4v) is 2.37. The molecule has 8 heteroatoms. The number of pyridine rings is 1. The minimum absolute atomic E-state index is 0.0121. The maximum absolute atomic E-state index is 11.8. The molecule has 0 aliphatic carbocycles. The lowest BCUT2D eigenvalue weighted by atomic mass is 10.3. The highest BCUT2D eigenvalue weighted by Crippen LogP contribution is 2.19. The van der Waals surface area contributed by atoms with E-state index in [0.717, 1.165) is 5.56 Å². The first kappa shape index (κ1) is 12.1. The molecule has 0 aliphatic heterocycles. The van der Waals surface area contributed by atoms with E-state index in [0.29, 0.717) is 10.3 Å². The number of rotatable bonds is 3. The van der Waals surface area contributed by atoms with Crippen molar-refractivity contribution in [3.63, 3.8) is 0 Å². The van der Waals surface area contributed by atoms with Crippen molar-refractivity contribution >= 4 is 31.6 Å². The van der Waals surface area contributed by atoms with E-state index in [1.807, 2.05) is 6.92 Å². The number of halogens is 1. The van der Waals surface area contributed by atoms with Crippen LogP contribution in [0.25, 0.3) is 0 Å². The number of H-pyrrole nitrogens is 1. The SMILES string of the molecule is Cc1cc(NS(=O)(=O)c2cnc[nH]2)cnc1Br. The van der Waals surface area contributed by atoms with Crippen LogP contribution < -0.4 is 4.72 Å². The van der Waals surface area contributed by atoms with Crippen molar-refractivity contribution in [1.29, 1.82) is 0 Å². The van der Waals surface area contributed by atoms with Crippen molar-refractivity contribution in [3.05, 3.63) is 35.0 Å². The molecule has 17 heavy (non-hydrogen) atoms. The molecule has 2 heterocycles. The van der Waals surface area contributed by atoms with Crippen LogP contribution in [0.4, 0.5) is 5.69 Å². The fraction of sp³-hybridized carbons (Fsp3) is 0.111. The highest BCUT2D eigenvalue weighted by molar-refractivity contribution is 9.10. The van der Waals surface area contributed by atoms with Crippen LogP contribution in [0.1, 0.15) is 5.56 Å². The summed E-state index contributed by atoms with van der Waals surface area (Å²) in [6.45, 7) is 1.82. The predicted molar refractivity (Wildman–Crippen MR) is 66.1 cm³/mol. The van der Waals surface area contributed by atoms with Crippen LogP contribution in [0, 0.1) is 6.92 Å². The van der Waals surface area contributed by atoms with E-state index in [4.69, 9.17) is 0 Å². The molecule has 0 saturated heterocycles. The van der Waals surface area contributed by atoms with Crippen LogP contribution in [0.2, 0.25) is 0 Å². The molecule has 2 N–H and O–H groups in total. The van der Waals surface area contributed by atoms with Crippen molar-refractivity contribution in [3.8, 4) is 0 Å². The van der Waals surface area contributed by atoms with Gasteiger partial charge in [0.15, 0.2) is 5.03 Å². The summed E-state index contributed by atoms with van der Waals surface area (Å²) in [6.07, 6.45) is 3.98. The van der Waals surface area contributed by atoms with Crippen molar-refractivity contribution in [1.82, 2.24) is 15.0 Å². The Kier molecular flexibility index (Phi) is 3.16. The number of hydrogen-bond donors (Lipinski definition) is 2. The quantitative estimate of drug-likeness (QED) is 0.843. The third-order valence-corrected chi connectivity index (χ3v) is 4.17. The van der Waals surface area contributed by atoms with Crippen molar-refractivity contribution in [2.24, 2.45) is 0 Å². The maximum Gasteiger partial charge on any atom is 0.279 e. The van der Waals surface area contributed by atoms with E-state index in [1.54, 1.807) is 6.07 Å². The van der Waals surface area contributed by atoms with E-state index in [1.165, 1.54) is 18.7 Å². The molecular formula is C9H9BrN4O2S. The standard InChI is InChI=1S/C9H9BrN4O2S/c1-6-2-7(3-12-9(6)10)14-17(15,16)8-4-11-5-13-8/h2-5,14H,1H3,(H,11,13). The van der Waals surface area contributed by atoms with Gasteiger partial charge in [0, 0.05) is 0 Å². The Bertz CT molecular complexity index is 624. The second-order valence-corrected chi connectivity index (χ2v) is 5.76. The van der Waals surface area contributed by atoms with Gasteiger partial charge in [-0.2, -0.15) is 8.42 Å². The minimum Gasteiger partial charge on any atom is -0.334 e. The second-order valence-electron chi connectivity index (χ2n) is 3.35. The van der Waals surface area contributed by atoms with E-state index >= 15 is 0 Å². The zero-order valence-electron chi connectivity index (χ0n) is 8.81. The zero-order chi connectivity index (χ0) is 12.5. The molecule has 0 radical (unpaired) electrons. The summed E-state index contributed by atoms with van der Waals surface area (Å²) in [5, 5.41) is 0.0121. The lowest BCUT2D eigenvalue weighted by Crippen LogP contribution is -2.13. The van der Waals surface area contributed by atoms with Crippen LogP contribution in [-0.2, 0) is 10.0 Å². The number of aromatic nitrogens is 3. The minimum atomic E-state index is -3.62. The molecular weight excluding hydrogens is 308 g/mol. The summed E-state index contributed by atoms with van der Waals surface area (Å²) < 4.78 is 26.8. The molecule has 0 unspecified atom stereocenters. The van der Waals surface area contributed by atoms with Gasteiger partial charge in [-0.15, -0.1) is 0 Å². The zero-order valence-corrected chi connectivity index (χ0v) is 11.2. The van der Waals surface area contributed by atoms with Crippen LogP contribution in [0.15, 0.2) is 34.4 Å². The van der Waals surface area contributed by atoms with E-state index < -0.39 is 10.0 Å². The van der Waals surface area contributed by atoms with Crippen LogP contribution in [0.5, 0.6) is 0 Å². The summed E-state index contributed by atoms with van der Waals surface area (Å²) in [7, 11) is -3.62. The summed E-state index contributed by atoms with van der Waals surface area (Å²) in [6, 6.07) is 1.69. The molecule has 6 nitrogen and oxygen atoms in total. The van der Waals surface area contributed by atoms with Crippen molar-refractivity contribution in [2.75, 3.05) is 4.72 Å². The Morgan fingerprint density at radius 2 is 2.18 bits per heavy atom. The van der Waals surface area contributed by atoms with E-state index in [9.17, 15) is 8.42 Å². The Hall–Kier alpha value is -1.41. The number of nitrogens with one attached hydrogen (secondary N) is 2. The van der Waals surface area contributed by atoms with Crippen molar-refractivity contribution < 1.29 is 8.42 Å². The lowest BCUT2D eigenvalue weighted by Gasteiger charge is -2.06. The number of hydrogen-bond acceptors (Lipinski definition) is 4. The molecule has 0 saturated carbocycles. The van der Waals surface area contributed by atoms with Gasteiger partial charge in [0.25, 0.3) is 10.0 Å². The van der Waals surface area contributed by atoms with Gasteiger partial charge in [0.2, 0.25) is 0 Å². The average Bonchev–Trinajstić information content (AvgIpc) is 2.77. The Balaban J connectivity index is 2.30. The first-order valence-electron chi connectivity index (χ1n) is 4.62. The molecule has 2 rings (SSSR count). The molecule has 0 aliphatic rings. The average molecular weight is 317 g/mol. The van der Waals surface area contributed by atoms with Gasteiger partial charge in [0.05, 0.1) is 24.4 Å². The third-order valence-electron chi connectivity index (χ3n) is 2.03. The van der Waals surface area contributed by atoms with Gasteiger partial charge in [-0.3, -0.25) is 4.72 Å². The highest BCUT2D eigenvalue weighted by atomic mass is 79.9. The molecule has 0 bridgehead atoms. The maximum atomic E-state index is 11.8. The Labute approximate surface area is 107 Å². The number of aryl methyl sites for hydroxylation is 1. The summed E-state index contributed by atoms with van der Waals surface area (Å²) in [4.78, 5) is 10.2. The number of aromatic amines is 1. The molecule has 0 aromatic carbocycles. The van der Waals surface area contributed by atoms with Gasteiger partial charge in [0.1, 0.15) is 4.60 Å². The summed E-state index contributed by atoms with van der Waals surface area (Å²) in [5.41, 5.74) is 1.25. The molecule has 0 spiro atoms. The summed E-state index contributed by atoms with van der Waals surface area (Å²) in [5.74, 6) is 0. The monoisotopic (exact) mass is 316 g/mol. The predicted octanol–water partition coefficient (Wildman–Crippen LogP) is 1.68. The van der Waals surface area contributed by atoms with Gasteiger partial charge < -0.3 is 4.98 Å². The van der Waals surface area contributed by atoms with Gasteiger partial charge in [-0.25, -0.2) is 9.97 Å². The number of imidazole rings is 1. The molecule has 0 amide bonds. The highest BCUT2D eigenvalue weighted by Gasteiger charge is 2.15. The molecule has 2 aromatic rings. The normalized spacial score (nSPS) is 11.4. The van der Waals surface area contributed by atoms with Crippen LogP contribution >= 0.6 is 15.9 Å². The number of sulfonamides is 1. The lowest BCUT2D eigenvalue weighted by molar-refractivity contribution is 0.598. The molecule has 0 atom stereocenters.